The molecule has 0 aromatic carbocycles. The molecule has 0 bridgehead atoms. The molecule has 0 fully saturated rings. The topological polar surface area (TPSA) is 91.2 Å². The number of nitriles is 1. The Morgan fingerprint density at radius 1 is 1.46 bits per heavy atom. The van der Waals surface area contributed by atoms with Crippen molar-refractivity contribution in [3.05, 3.63) is 44.5 Å². The SMILES string of the molecule is CCNC(=O)OCC1CCc2c(sc(NC(=O)C=Cc3cccs3)c2C#N)C1. The summed E-state index contributed by atoms with van der Waals surface area (Å²) in [6, 6.07) is 6.10. The molecular formula is C20H21N3O3S2. The summed E-state index contributed by atoms with van der Waals surface area (Å²) in [5.41, 5.74) is 1.57. The molecule has 8 heteroatoms. The Balaban J connectivity index is 1.64. The molecule has 1 unspecified atom stereocenters. The van der Waals surface area contributed by atoms with E-state index in [4.69, 9.17) is 4.74 Å². The van der Waals surface area contributed by atoms with Gasteiger partial charge in [-0.05, 0) is 55.2 Å². The lowest BCUT2D eigenvalue weighted by atomic mass is 9.88. The Kier molecular flexibility index (Phi) is 6.85. The number of alkyl carbamates (subject to hydrolysis) is 1. The highest BCUT2D eigenvalue weighted by Gasteiger charge is 2.27. The number of thiophene rings is 2. The van der Waals surface area contributed by atoms with E-state index in [0.717, 1.165) is 34.6 Å². The van der Waals surface area contributed by atoms with Crippen LogP contribution in [-0.2, 0) is 22.4 Å². The number of amides is 2. The number of fused-ring (bicyclic) bond motifs is 1. The van der Waals surface area contributed by atoms with Gasteiger partial charge in [0.05, 0.1) is 12.2 Å². The van der Waals surface area contributed by atoms with Crippen LogP contribution in [0.4, 0.5) is 9.80 Å². The fourth-order valence-corrected chi connectivity index (χ4v) is 5.02. The molecule has 0 aliphatic heterocycles. The lowest BCUT2D eigenvalue weighted by molar-refractivity contribution is -0.111. The van der Waals surface area contributed by atoms with Gasteiger partial charge in [-0.15, -0.1) is 22.7 Å². The highest BCUT2D eigenvalue weighted by Crippen LogP contribution is 2.39. The Hall–Kier alpha value is -2.63. The van der Waals surface area contributed by atoms with Crippen LogP contribution in [0.1, 0.15) is 34.2 Å². The predicted octanol–water partition coefficient (Wildman–Crippen LogP) is 4.18. The van der Waals surface area contributed by atoms with Gasteiger partial charge in [0.2, 0.25) is 5.91 Å². The summed E-state index contributed by atoms with van der Waals surface area (Å²) in [6.45, 7) is 2.74. The van der Waals surface area contributed by atoms with E-state index >= 15 is 0 Å². The largest absolute Gasteiger partial charge is 0.449 e. The fourth-order valence-electron chi connectivity index (χ4n) is 3.09. The molecule has 2 amide bonds. The highest BCUT2D eigenvalue weighted by molar-refractivity contribution is 7.16. The second kappa shape index (κ2) is 9.53. The highest BCUT2D eigenvalue weighted by atomic mass is 32.1. The normalized spacial score (nSPS) is 15.6. The molecule has 1 aliphatic rings. The lowest BCUT2D eigenvalue weighted by Gasteiger charge is -2.21. The smallest absolute Gasteiger partial charge is 0.407 e. The zero-order valence-corrected chi connectivity index (χ0v) is 17.1. The van der Waals surface area contributed by atoms with E-state index < -0.39 is 6.09 Å². The van der Waals surface area contributed by atoms with Crippen molar-refractivity contribution in [2.24, 2.45) is 5.92 Å². The van der Waals surface area contributed by atoms with Gasteiger partial charge in [0.25, 0.3) is 0 Å². The molecule has 2 heterocycles. The van der Waals surface area contributed by atoms with Gasteiger partial charge in [0.15, 0.2) is 0 Å². The summed E-state index contributed by atoms with van der Waals surface area (Å²) in [5.74, 6) is -0.0257. The van der Waals surface area contributed by atoms with Crippen molar-refractivity contribution in [1.82, 2.24) is 5.32 Å². The molecule has 2 aromatic heterocycles. The van der Waals surface area contributed by atoms with Gasteiger partial charge < -0.3 is 15.4 Å². The summed E-state index contributed by atoms with van der Waals surface area (Å²) < 4.78 is 5.24. The number of ether oxygens (including phenoxy) is 1. The monoisotopic (exact) mass is 415 g/mol. The molecule has 0 radical (unpaired) electrons. The Morgan fingerprint density at radius 2 is 2.32 bits per heavy atom. The van der Waals surface area contributed by atoms with E-state index in [2.05, 4.69) is 16.7 Å². The van der Waals surface area contributed by atoms with Crippen LogP contribution in [0.5, 0.6) is 0 Å². The first-order chi connectivity index (χ1) is 13.6. The number of rotatable bonds is 6. The van der Waals surface area contributed by atoms with Crippen LogP contribution in [0.3, 0.4) is 0 Å². The van der Waals surface area contributed by atoms with Crippen molar-refractivity contribution in [2.75, 3.05) is 18.5 Å². The summed E-state index contributed by atoms with van der Waals surface area (Å²) in [6.07, 6.45) is 5.18. The first-order valence-corrected chi connectivity index (χ1v) is 10.8. The average Bonchev–Trinajstić information content (AvgIpc) is 3.31. The third kappa shape index (κ3) is 5.00. The fraction of sp³-hybridized carbons (Fsp3) is 0.350. The van der Waals surface area contributed by atoms with Crippen LogP contribution in [0.15, 0.2) is 23.6 Å². The maximum atomic E-state index is 12.2. The summed E-state index contributed by atoms with van der Waals surface area (Å²) in [4.78, 5) is 25.8. The molecular weight excluding hydrogens is 394 g/mol. The number of nitrogens with zero attached hydrogens (tertiary/aromatic N) is 1. The van der Waals surface area contributed by atoms with Crippen LogP contribution >= 0.6 is 22.7 Å². The molecule has 2 N–H and O–H groups in total. The predicted molar refractivity (Wildman–Crippen MR) is 112 cm³/mol. The average molecular weight is 416 g/mol. The molecule has 0 saturated heterocycles. The molecule has 0 saturated carbocycles. The molecule has 28 heavy (non-hydrogen) atoms. The van der Waals surface area contributed by atoms with E-state index in [0.29, 0.717) is 23.7 Å². The molecule has 3 rings (SSSR count). The maximum absolute atomic E-state index is 12.2. The van der Waals surface area contributed by atoms with Crippen molar-refractivity contribution in [3.8, 4) is 6.07 Å². The first-order valence-electron chi connectivity index (χ1n) is 9.08. The van der Waals surface area contributed by atoms with Crippen molar-refractivity contribution in [2.45, 2.75) is 26.2 Å². The van der Waals surface area contributed by atoms with E-state index in [9.17, 15) is 14.9 Å². The van der Waals surface area contributed by atoms with Crippen LogP contribution in [0.2, 0.25) is 0 Å². The zero-order chi connectivity index (χ0) is 19.9. The van der Waals surface area contributed by atoms with Crippen LogP contribution in [0, 0.1) is 17.2 Å². The van der Waals surface area contributed by atoms with Gasteiger partial charge in [-0.2, -0.15) is 5.26 Å². The van der Waals surface area contributed by atoms with Gasteiger partial charge in [0, 0.05) is 22.4 Å². The van der Waals surface area contributed by atoms with Gasteiger partial charge in [-0.3, -0.25) is 4.79 Å². The molecule has 1 aliphatic carbocycles. The van der Waals surface area contributed by atoms with Crippen LogP contribution in [-0.4, -0.2) is 25.2 Å². The van der Waals surface area contributed by atoms with Crippen molar-refractivity contribution >= 4 is 45.8 Å². The standard InChI is InChI=1S/C20H21N3O3S2/c1-2-22-20(25)26-12-13-5-7-15-16(11-21)19(28-17(15)10-13)23-18(24)8-6-14-4-3-9-27-14/h3-4,6,8-9,13H,2,5,7,10,12H2,1H3,(H,22,25)(H,23,24). The minimum atomic E-state index is -0.400. The van der Waals surface area contributed by atoms with Crippen LogP contribution < -0.4 is 10.6 Å². The first kappa shape index (κ1) is 20.1. The quantitative estimate of drug-likeness (QED) is 0.692. The minimum absolute atomic E-state index is 0.225. The summed E-state index contributed by atoms with van der Waals surface area (Å²) in [5, 5.41) is 17.6. The number of anilines is 1. The van der Waals surface area contributed by atoms with E-state index in [-0.39, 0.29) is 11.8 Å². The molecule has 1 atom stereocenters. The third-order valence-corrected chi connectivity index (χ3v) is 6.44. The number of hydrogen-bond acceptors (Lipinski definition) is 6. The lowest BCUT2D eigenvalue weighted by Crippen LogP contribution is -2.27. The minimum Gasteiger partial charge on any atom is -0.449 e. The third-order valence-electron chi connectivity index (χ3n) is 4.43. The summed E-state index contributed by atoms with van der Waals surface area (Å²) in [7, 11) is 0. The Bertz CT molecular complexity index is 910. The summed E-state index contributed by atoms with van der Waals surface area (Å²) >= 11 is 3.00. The van der Waals surface area contributed by atoms with Gasteiger partial charge in [0.1, 0.15) is 11.1 Å². The Labute approximate surface area is 171 Å². The zero-order valence-electron chi connectivity index (χ0n) is 15.5. The van der Waals surface area contributed by atoms with Gasteiger partial charge >= 0.3 is 6.09 Å². The van der Waals surface area contributed by atoms with Crippen molar-refractivity contribution in [3.63, 3.8) is 0 Å². The van der Waals surface area contributed by atoms with Gasteiger partial charge in [-0.1, -0.05) is 6.07 Å². The second-order valence-corrected chi connectivity index (χ2v) is 8.48. The van der Waals surface area contributed by atoms with Crippen molar-refractivity contribution in [1.29, 1.82) is 5.26 Å². The number of carbonyl (C=O) groups is 2. The Morgan fingerprint density at radius 3 is 3.04 bits per heavy atom. The molecule has 146 valence electrons. The van der Waals surface area contributed by atoms with E-state index in [1.807, 2.05) is 24.4 Å². The number of nitrogens with one attached hydrogen (secondary N) is 2. The molecule has 0 spiro atoms. The van der Waals surface area contributed by atoms with E-state index in [1.54, 1.807) is 17.4 Å². The second-order valence-electron chi connectivity index (χ2n) is 6.40. The van der Waals surface area contributed by atoms with Gasteiger partial charge in [-0.25, -0.2) is 4.79 Å². The molecule has 6 nitrogen and oxygen atoms in total. The van der Waals surface area contributed by atoms with E-state index in [1.165, 1.54) is 17.4 Å². The molecule has 2 aromatic rings. The number of hydrogen-bond donors (Lipinski definition) is 2. The maximum Gasteiger partial charge on any atom is 0.407 e. The van der Waals surface area contributed by atoms with Crippen LogP contribution in [0.25, 0.3) is 6.08 Å². The number of carbonyl (C=O) groups excluding carboxylic acids is 2. The van der Waals surface area contributed by atoms with Crippen molar-refractivity contribution < 1.29 is 14.3 Å².